The summed E-state index contributed by atoms with van der Waals surface area (Å²) in [5.41, 5.74) is 0. The quantitative estimate of drug-likeness (QED) is 0.439. The van der Waals surface area contributed by atoms with Gasteiger partial charge in [-0.15, -0.1) is 0 Å². The molecule has 0 spiro atoms. The lowest BCUT2D eigenvalue weighted by Crippen LogP contribution is -2.08. The maximum atomic E-state index is 10.8. The van der Waals surface area contributed by atoms with E-state index in [4.69, 9.17) is 4.74 Å². The Morgan fingerprint density at radius 1 is 1.70 bits per heavy atom. The molecule has 1 unspecified atom stereocenters. The van der Waals surface area contributed by atoms with E-state index in [1.54, 1.807) is 0 Å². The summed E-state index contributed by atoms with van der Waals surface area (Å²) in [4.78, 5) is 10.8. The second-order valence-electron chi connectivity index (χ2n) is 2.14. The summed E-state index contributed by atoms with van der Waals surface area (Å²) >= 11 is 2.07. The Kier molecular flexibility index (Phi) is 6.06. The molecule has 0 saturated carbocycles. The molecule has 60 valence electrons. The van der Waals surface area contributed by atoms with Crippen molar-refractivity contribution < 1.29 is 9.53 Å². The van der Waals surface area contributed by atoms with Crippen molar-refractivity contribution in [1.82, 2.24) is 0 Å². The number of esters is 1. The Morgan fingerprint density at radius 3 is 2.70 bits per heavy atom. The third kappa shape index (κ3) is 6.32. The monoisotopic (exact) mass is 256 g/mol. The molecular formula is C7H13IO2. The topological polar surface area (TPSA) is 26.3 Å². The molecular weight excluding hydrogens is 243 g/mol. The zero-order valence-electron chi connectivity index (χ0n) is 6.39. The van der Waals surface area contributed by atoms with Gasteiger partial charge in [-0.3, -0.25) is 4.79 Å². The molecule has 0 aromatic carbocycles. The Morgan fingerprint density at radius 2 is 2.30 bits per heavy atom. The van der Waals surface area contributed by atoms with Crippen molar-refractivity contribution in [3.05, 3.63) is 0 Å². The second kappa shape index (κ2) is 5.95. The van der Waals surface area contributed by atoms with Crippen LogP contribution in [0.1, 0.15) is 33.1 Å². The first-order valence-electron chi connectivity index (χ1n) is 3.50. The highest BCUT2D eigenvalue weighted by Gasteiger charge is 2.03. The van der Waals surface area contributed by atoms with Gasteiger partial charge in [0.1, 0.15) is 4.11 Å². The van der Waals surface area contributed by atoms with Gasteiger partial charge in [0.05, 0.1) is 0 Å². The van der Waals surface area contributed by atoms with Crippen molar-refractivity contribution in [2.75, 3.05) is 0 Å². The van der Waals surface area contributed by atoms with Crippen molar-refractivity contribution >= 4 is 28.6 Å². The molecule has 0 aliphatic heterocycles. The van der Waals surface area contributed by atoms with E-state index in [1.807, 2.05) is 6.92 Å². The molecule has 0 N–H and O–H groups in total. The first-order valence-corrected chi connectivity index (χ1v) is 4.75. The van der Waals surface area contributed by atoms with Gasteiger partial charge in [0.25, 0.3) is 0 Å². The predicted molar refractivity (Wildman–Crippen MR) is 49.1 cm³/mol. The highest BCUT2D eigenvalue weighted by atomic mass is 127. The molecule has 10 heavy (non-hydrogen) atoms. The predicted octanol–water partition coefficient (Wildman–Crippen LogP) is 2.50. The molecule has 0 amide bonds. The summed E-state index contributed by atoms with van der Waals surface area (Å²) in [6.45, 7) is 3.91. The van der Waals surface area contributed by atoms with Gasteiger partial charge in [-0.1, -0.05) is 13.3 Å². The zero-order valence-corrected chi connectivity index (χ0v) is 8.55. The fourth-order valence-corrected chi connectivity index (χ4v) is 0.845. The number of halogens is 1. The van der Waals surface area contributed by atoms with Gasteiger partial charge in [-0.2, -0.15) is 0 Å². The highest BCUT2D eigenvalue weighted by Crippen LogP contribution is 2.04. The van der Waals surface area contributed by atoms with E-state index >= 15 is 0 Å². The average molecular weight is 256 g/mol. The Bertz CT molecular complexity index is 102. The molecule has 1 atom stereocenters. The minimum absolute atomic E-state index is 0.00181. The number of rotatable bonds is 4. The fraction of sp³-hybridized carbons (Fsp3) is 0.857. The lowest BCUT2D eigenvalue weighted by Gasteiger charge is -2.04. The first kappa shape index (κ1) is 10.2. The average Bonchev–Trinajstić information content (AvgIpc) is 1.82. The number of unbranched alkanes of at least 4 members (excludes halogenated alkanes) is 1. The van der Waals surface area contributed by atoms with Crippen LogP contribution in [-0.4, -0.2) is 10.1 Å². The van der Waals surface area contributed by atoms with Crippen LogP contribution in [0, 0.1) is 0 Å². The number of ether oxygens (including phenoxy) is 1. The Labute approximate surface area is 75.5 Å². The summed E-state index contributed by atoms with van der Waals surface area (Å²) in [5, 5.41) is 0. The normalized spacial score (nSPS) is 12.7. The maximum Gasteiger partial charge on any atom is 0.306 e. The Balaban J connectivity index is 3.26. The van der Waals surface area contributed by atoms with E-state index in [0.717, 1.165) is 12.8 Å². The first-order chi connectivity index (χ1) is 4.66. The lowest BCUT2D eigenvalue weighted by molar-refractivity contribution is -0.144. The minimum Gasteiger partial charge on any atom is -0.452 e. The van der Waals surface area contributed by atoms with Gasteiger partial charge in [0, 0.05) is 6.42 Å². The number of carbonyl (C=O) groups is 1. The van der Waals surface area contributed by atoms with E-state index in [0.29, 0.717) is 6.42 Å². The van der Waals surface area contributed by atoms with Gasteiger partial charge in [0.2, 0.25) is 0 Å². The lowest BCUT2D eigenvalue weighted by atomic mass is 10.3. The van der Waals surface area contributed by atoms with Gasteiger partial charge in [-0.05, 0) is 35.9 Å². The van der Waals surface area contributed by atoms with Crippen molar-refractivity contribution in [2.45, 2.75) is 37.2 Å². The molecule has 0 heterocycles. The summed E-state index contributed by atoms with van der Waals surface area (Å²) in [6, 6.07) is 0. The van der Waals surface area contributed by atoms with Gasteiger partial charge in [-0.25, -0.2) is 0 Å². The highest BCUT2D eigenvalue weighted by molar-refractivity contribution is 14.1. The van der Waals surface area contributed by atoms with Crippen LogP contribution in [0.25, 0.3) is 0 Å². The van der Waals surface area contributed by atoms with Gasteiger partial charge < -0.3 is 4.74 Å². The molecule has 0 aromatic heterocycles. The van der Waals surface area contributed by atoms with Crippen LogP contribution in [0.2, 0.25) is 0 Å². The van der Waals surface area contributed by atoms with Crippen molar-refractivity contribution in [1.29, 1.82) is 0 Å². The molecule has 0 aliphatic rings. The van der Waals surface area contributed by atoms with Crippen molar-refractivity contribution in [2.24, 2.45) is 0 Å². The molecule has 0 rings (SSSR count). The van der Waals surface area contributed by atoms with Crippen LogP contribution in [0.3, 0.4) is 0 Å². The molecule has 2 nitrogen and oxygen atoms in total. The number of carbonyl (C=O) groups excluding carboxylic acids is 1. The number of alkyl halides is 1. The standard InChI is InChI=1S/C7H13IO2/c1-3-4-5-7(9)10-6(2)8/h6H,3-5H2,1-2H3. The van der Waals surface area contributed by atoms with E-state index in [-0.39, 0.29) is 10.1 Å². The van der Waals surface area contributed by atoms with Gasteiger partial charge in [0.15, 0.2) is 0 Å². The summed E-state index contributed by atoms with van der Waals surface area (Å²) in [5.74, 6) is -0.0799. The third-order valence-electron chi connectivity index (χ3n) is 1.03. The maximum absolute atomic E-state index is 10.8. The molecule has 0 bridgehead atoms. The zero-order chi connectivity index (χ0) is 7.98. The summed E-state index contributed by atoms with van der Waals surface area (Å²) < 4.78 is 4.90. The number of hydrogen-bond donors (Lipinski definition) is 0. The third-order valence-corrected chi connectivity index (χ3v) is 1.28. The van der Waals surface area contributed by atoms with E-state index in [1.165, 1.54) is 0 Å². The molecule has 0 fully saturated rings. The fourth-order valence-electron chi connectivity index (χ4n) is 0.561. The van der Waals surface area contributed by atoms with Crippen LogP contribution in [0.15, 0.2) is 0 Å². The molecule has 0 aromatic rings. The van der Waals surface area contributed by atoms with Crippen LogP contribution < -0.4 is 0 Å². The van der Waals surface area contributed by atoms with Crippen molar-refractivity contribution in [3.63, 3.8) is 0 Å². The van der Waals surface area contributed by atoms with Crippen LogP contribution in [-0.2, 0) is 9.53 Å². The largest absolute Gasteiger partial charge is 0.452 e. The van der Waals surface area contributed by atoms with E-state index in [2.05, 4.69) is 29.5 Å². The Hall–Kier alpha value is 0.200. The number of hydrogen-bond acceptors (Lipinski definition) is 2. The summed E-state index contributed by atoms with van der Waals surface area (Å²) in [6.07, 6.45) is 2.54. The van der Waals surface area contributed by atoms with Gasteiger partial charge >= 0.3 is 5.97 Å². The molecule has 0 aliphatic carbocycles. The minimum atomic E-state index is -0.0799. The van der Waals surface area contributed by atoms with Crippen LogP contribution in [0.4, 0.5) is 0 Å². The van der Waals surface area contributed by atoms with E-state index < -0.39 is 0 Å². The molecule has 0 radical (unpaired) electrons. The SMILES string of the molecule is CCCCC(=O)OC(C)I. The van der Waals surface area contributed by atoms with Crippen LogP contribution >= 0.6 is 22.6 Å². The van der Waals surface area contributed by atoms with E-state index in [9.17, 15) is 4.79 Å². The molecule has 0 saturated heterocycles. The van der Waals surface area contributed by atoms with Crippen molar-refractivity contribution in [3.8, 4) is 0 Å². The molecule has 3 heteroatoms. The smallest absolute Gasteiger partial charge is 0.306 e. The summed E-state index contributed by atoms with van der Waals surface area (Å²) in [7, 11) is 0. The van der Waals surface area contributed by atoms with Crippen LogP contribution in [0.5, 0.6) is 0 Å². The second-order valence-corrected chi connectivity index (χ2v) is 3.89.